The summed E-state index contributed by atoms with van der Waals surface area (Å²) in [7, 11) is 1.42. The molecule has 0 aliphatic heterocycles. The van der Waals surface area contributed by atoms with Gasteiger partial charge in [0.1, 0.15) is 0 Å². The summed E-state index contributed by atoms with van der Waals surface area (Å²) in [6, 6.07) is 8.50. The van der Waals surface area contributed by atoms with E-state index in [1.165, 1.54) is 29.4 Å². The first-order valence-electron chi connectivity index (χ1n) is 10.5. The predicted octanol–water partition coefficient (Wildman–Crippen LogP) is 6.57. The largest absolute Gasteiger partial charge is 0.467 e. The van der Waals surface area contributed by atoms with Gasteiger partial charge in [-0.3, -0.25) is 0 Å². The Morgan fingerprint density at radius 1 is 0.966 bits per heavy atom. The first kappa shape index (κ1) is 23.2. The molecule has 0 unspecified atom stereocenters. The van der Waals surface area contributed by atoms with Crippen LogP contribution in [-0.2, 0) is 20.7 Å². The number of aryl methyl sites for hydroxylation is 1. The van der Waals surface area contributed by atoms with Crippen LogP contribution in [0.1, 0.15) is 73.6 Å². The molecule has 2 rings (SSSR count). The van der Waals surface area contributed by atoms with E-state index in [0.29, 0.717) is 0 Å². The van der Waals surface area contributed by atoms with Crippen LogP contribution in [0, 0.1) is 27.7 Å². The van der Waals surface area contributed by atoms with Crippen molar-refractivity contribution in [1.29, 1.82) is 0 Å². The number of carbonyl (C=O) groups is 1. The fourth-order valence-corrected chi connectivity index (χ4v) is 3.98. The number of rotatable bonds is 6. The molecular weight excluding hydrogens is 360 g/mol. The summed E-state index contributed by atoms with van der Waals surface area (Å²) in [4.78, 5) is 12.9. The summed E-state index contributed by atoms with van der Waals surface area (Å²) in [6.45, 7) is 16.6. The number of benzene rings is 2. The number of hydrogen-bond donors (Lipinski definition) is 0. The Morgan fingerprint density at radius 3 is 2.03 bits per heavy atom. The smallest absolute Gasteiger partial charge is 0.339 e. The quantitative estimate of drug-likeness (QED) is 0.518. The van der Waals surface area contributed by atoms with Crippen LogP contribution in [0.15, 0.2) is 24.3 Å². The van der Waals surface area contributed by atoms with Crippen LogP contribution in [-0.4, -0.2) is 18.7 Å². The van der Waals surface area contributed by atoms with Crippen LogP contribution >= 0.6 is 0 Å². The van der Waals surface area contributed by atoms with Crippen LogP contribution in [0.25, 0.3) is 11.1 Å². The van der Waals surface area contributed by atoms with Crippen molar-refractivity contribution >= 4 is 5.97 Å². The highest BCUT2D eigenvalue weighted by Crippen LogP contribution is 2.41. The average Bonchev–Trinajstić information content (AvgIpc) is 2.66. The third-order valence-electron chi connectivity index (χ3n) is 5.51. The minimum Gasteiger partial charge on any atom is -0.467 e. The minimum atomic E-state index is -0.774. The van der Waals surface area contributed by atoms with Gasteiger partial charge in [-0.2, -0.15) is 0 Å². The van der Waals surface area contributed by atoms with E-state index in [1.807, 2.05) is 20.8 Å². The summed E-state index contributed by atoms with van der Waals surface area (Å²) in [5.41, 5.74) is 8.78. The van der Waals surface area contributed by atoms with Gasteiger partial charge in [-0.15, -0.1) is 0 Å². The Morgan fingerprint density at radius 2 is 1.55 bits per heavy atom. The first-order valence-corrected chi connectivity index (χ1v) is 10.5. The Hall–Kier alpha value is -2.13. The number of carbonyl (C=O) groups excluding carboxylic acids is 1. The van der Waals surface area contributed by atoms with Gasteiger partial charge in [0.2, 0.25) is 0 Å². The minimum absolute atomic E-state index is 0.363. The van der Waals surface area contributed by atoms with Crippen LogP contribution in [0.5, 0.6) is 0 Å². The van der Waals surface area contributed by atoms with Gasteiger partial charge < -0.3 is 9.47 Å². The predicted molar refractivity (Wildman–Crippen MR) is 120 cm³/mol. The van der Waals surface area contributed by atoms with Crippen LogP contribution in [0.4, 0.5) is 0 Å². The average molecular weight is 397 g/mol. The van der Waals surface area contributed by atoms with Crippen LogP contribution in [0.3, 0.4) is 0 Å². The lowest BCUT2D eigenvalue weighted by Crippen LogP contribution is -2.29. The molecule has 0 aliphatic rings. The molecule has 0 saturated heterocycles. The van der Waals surface area contributed by atoms with E-state index in [4.69, 9.17) is 9.47 Å². The van der Waals surface area contributed by atoms with Crippen molar-refractivity contribution in [2.45, 2.75) is 79.9 Å². The number of hydrogen-bond acceptors (Lipinski definition) is 3. The van der Waals surface area contributed by atoms with Crippen molar-refractivity contribution in [2.75, 3.05) is 7.11 Å². The molecule has 0 saturated carbocycles. The topological polar surface area (TPSA) is 35.5 Å². The summed E-state index contributed by atoms with van der Waals surface area (Å²) in [5.74, 6) is -0.363. The second-order valence-electron chi connectivity index (χ2n) is 8.89. The van der Waals surface area contributed by atoms with Crippen molar-refractivity contribution < 1.29 is 14.3 Å². The molecule has 0 aliphatic carbocycles. The van der Waals surface area contributed by atoms with Crippen LogP contribution in [0.2, 0.25) is 0 Å². The van der Waals surface area contributed by atoms with Gasteiger partial charge in [-0.1, -0.05) is 43.2 Å². The van der Waals surface area contributed by atoms with Gasteiger partial charge in [-0.25, -0.2) is 4.79 Å². The maximum atomic E-state index is 12.9. The molecule has 2 aromatic rings. The molecule has 0 spiro atoms. The molecule has 0 amide bonds. The van der Waals surface area contributed by atoms with E-state index < -0.39 is 11.7 Å². The first-order chi connectivity index (χ1) is 13.5. The molecule has 0 heterocycles. The molecular formula is C26H36O3. The second-order valence-corrected chi connectivity index (χ2v) is 8.89. The van der Waals surface area contributed by atoms with Gasteiger partial charge in [0, 0.05) is 5.56 Å². The maximum Gasteiger partial charge on any atom is 0.339 e. The fraction of sp³-hybridized carbons (Fsp3) is 0.500. The summed E-state index contributed by atoms with van der Waals surface area (Å²) in [6.07, 6.45) is 1.32. The highest BCUT2D eigenvalue weighted by Gasteiger charge is 2.33. The van der Waals surface area contributed by atoms with Gasteiger partial charge >= 0.3 is 5.97 Å². The molecule has 0 fully saturated rings. The zero-order chi connectivity index (χ0) is 21.9. The highest BCUT2D eigenvalue weighted by atomic mass is 16.6. The van der Waals surface area contributed by atoms with E-state index in [9.17, 15) is 4.79 Å². The molecule has 3 heteroatoms. The van der Waals surface area contributed by atoms with Crippen LogP contribution < -0.4 is 0 Å². The van der Waals surface area contributed by atoms with Gasteiger partial charge in [-0.05, 0) is 88.3 Å². The number of ether oxygens (including phenoxy) is 2. The molecule has 29 heavy (non-hydrogen) atoms. The van der Waals surface area contributed by atoms with E-state index in [2.05, 4.69) is 58.9 Å². The normalized spacial score (nSPS) is 12.7. The Bertz CT molecular complexity index is 871. The zero-order valence-electron chi connectivity index (χ0n) is 19.5. The second kappa shape index (κ2) is 9.13. The third-order valence-corrected chi connectivity index (χ3v) is 5.51. The van der Waals surface area contributed by atoms with E-state index in [-0.39, 0.29) is 5.97 Å². The van der Waals surface area contributed by atoms with Crippen molar-refractivity contribution in [1.82, 2.24) is 0 Å². The Kier molecular flexibility index (Phi) is 7.29. The van der Waals surface area contributed by atoms with Gasteiger partial charge in [0.05, 0.1) is 12.7 Å². The van der Waals surface area contributed by atoms with Crippen molar-refractivity contribution in [3.05, 3.63) is 57.6 Å². The molecule has 0 radical (unpaired) electrons. The van der Waals surface area contributed by atoms with Crippen molar-refractivity contribution in [3.8, 4) is 11.1 Å². The SMILES string of the molecule is CCCc1c(C)c(C)c([C@H](OC(C)(C)C)C(=O)OC)c(-c2ccc(C)cc2)c1C. The fourth-order valence-electron chi connectivity index (χ4n) is 3.98. The summed E-state index contributed by atoms with van der Waals surface area (Å²) in [5, 5.41) is 0. The summed E-state index contributed by atoms with van der Waals surface area (Å²) >= 11 is 0. The Labute approximate surface area is 176 Å². The summed E-state index contributed by atoms with van der Waals surface area (Å²) < 4.78 is 11.4. The number of esters is 1. The number of methoxy groups -OCH3 is 1. The zero-order valence-corrected chi connectivity index (χ0v) is 19.5. The van der Waals surface area contributed by atoms with Gasteiger partial charge in [0.15, 0.2) is 6.10 Å². The van der Waals surface area contributed by atoms with Crippen molar-refractivity contribution in [3.63, 3.8) is 0 Å². The monoisotopic (exact) mass is 396 g/mol. The van der Waals surface area contributed by atoms with Gasteiger partial charge in [0.25, 0.3) is 0 Å². The lowest BCUT2D eigenvalue weighted by atomic mass is 9.81. The lowest BCUT2D eigenvalue weighted by Gasteiger charge is -2.31. The molecule has 0 N–H and O–H groups in total. The maximum absolute atomic E-state index is 12.9. The Balaban J connectivity index is 2.90. The molecule has 1 atom stereocenters. The third kappa shape index (κ3) is 5.08. The highest BCUT2D eigenvalue weighted by molar-refractivity contribution is 5.84. The molecule has 2 aromatic carbocycles. The van der Waals surface area contributed by atoms with E-state index in [1.54, 1.807) is 0 Å². The standard InChI is InChI=1S/C26H36O3/c1-10-11-21-17(3)18(4)23(24(25(27)28-9)29-26(6,7)8)22(19(21)5)20-14-12-16(2)13-15-20/h12-15,24H,10-11H2,1-9H3/t24-/m0/s1. The lowest BCUT2D eigenvalue weighted by molar-refractivity contribution is -0.164. The van der Waals surface area contributed by atoms with E-state index >= 15 is 0 Å². The van der Waals surface area contributed by atoms with E-state index in [0.717, 1.165) is 35.1 Å². The molecule has 3 nitrogen and oxygen atoms in total. The van der Waals surface area contributed by atoms with Crippen molar-refractivity contribution in [2.24, 2.45) is 0 Å². The molecule has 0 bridgehead atoms. The molecule has 0 aromatic heterocycles. The molecule has 158 valence electrons.